The molecule has 2 heterocycles. The normalized spacial score (nSPS) is 16.9. The van der Waals surface area contributed by atoms with Gasteiger partial charge in [-0.25, -0.2) is 17.7 Å². The first-order valence-corrected chi connectivity index (χ1v) is 11.3. The number of hydrogen-bond donors (Lipinski definition) is 0. The van der Waals surface area contributed by atoms with Crippen molar-refractivity contribution in [2.24, 2.45) is 0 Å². The topological polar surface area (TPSA) is 62.7 Å². The second-order valence-electron chi connectivity index (χ2n) is 6.66. The predicted octanol–water partition coefficient (Wildman–Crippen LogP) is 2.67. The summed E-state index contributed by atoms with van der Waals surface area (Å²) in [6.45, 7) is 2.57. The quantitative estimate of drug-likeness (QED) is 0.752. The standard InChI is InChI=1S/C18H25N3O3S2/c1-20(26(3,22)23)16-7-9-21(10-8-16)12-15-13-25-18(19-15)14-5-4-6-17(11-14)24-2/h4-6,11,13,16H,7-10,12H2,1-3H3. The van der Waals surface area contributed by atoms with Crippen LogP contribution in [0.15, 0.2) is 29.6 Å². The number of methoxy groups -OCH3 is 1. The van der Waals surface area contributed by atoms with Gasteiger partial charge in [-0.05, 0) is 25.0 Å². The first kappa shape index (κ1) is 19.3. The maximum absolute atomic E-state index is 11.7. The molecule has 0 atom stereocenters. The summed E-state index contributed by atoms with van der Waals surface area (Å²) in [5.41, 5.74) is 2.12. The van der Waals surface area contributed by atoms with Crippen molar-refractivity contribution in [3.05, 3.63) is 35.3 Å². The van der Waals surface area contributed by atoms with Gasteiger partial charge in [0.2, 0.25) is 10.0 Å². The fourth-order valence-electron chi connectivity index (χ4n) is 3.21. The first-order valence-electron chi connectivity index (χ1n) is 8.61. The zero-order chi connectivity index (χ0) is 18.7. The minimum atomic E-state index is -3.12. The molecule has 1 aromatic heterocycles. The SMILES string of the molecule is COc1cccc(-c2nc(CN3CCC(N(C)S(C)(=O)=O)CC3)cs2)c1. The Morgan fingerprint density at radius 3 is 2.73 bits per heavy atom. The minimum absolute atomic E-state index is 0.101. The molecule has 6 nitrogen and oxygen atoms in total. The van der Waals surface area contributed by atoms with Gasteiger partial charge in [-0.1, -0.05) is 12.1 Å². The molecule has 1 saturated heterocycles. The van der Waals surface area contributed by atoms with E-state index in [1.54, 1.807) is 25.5 Å². The third kappa shape index (κ3) is 4.62. The van der Waals surface area contributed by atoms with Crippen LogP contribution in [-0.4, -0.2) is 62.2 Å². The fraction of sp³-hybridized carbons (Fsp3) is 0.500. The molecule has 0 unspecified atom stereocenters. The van der Waals surface area contributed by atoms with E-state index in [4.69, 9.17) is 9.72 Å². The zero-order valence-electron chi connectivity index (χ0n) is 15.4. The number of nitrogens with zero attached hydrogens (tertiary/aromatic N) is 3. The van der Waals surface area contributed by atoms with Gasteiger partial charge >= 0.3 is 0 Å². The van der Waals surface area contributed by atoms with E-state index in [0.29, 0.717) is 0 Å². The van der Waals surface area contributed by atoms with E-state index in [1.807, 2.05) is 24.3 Å². The van der Waals surface area contributed by atoms with Crippen LogP contribution in [0, 0.1) is 0 Å². The summed E-state index contributed by atoms with van der Waals surface area (Å²) in [6, 6.07) is 8.03. The molecule has 0 bridgehead atoms. The molecule has 1 aromatic carbocycles. The number of rotatable bonds is 6. The van der Waals surface area contributed by atoms with Gasteiger partial charge < -0.3 is 4.74 Å². The fourth-order valence-corrected chi connectivity index (χ4v) is 4.77. The number of benzene rings is 1. The third-order valence-corrected chi connectivity index (χ3v) is 7.13. The Hall–Kier alpha value is -1.48. The van der Waals surface area contributed by atoms with Gasteiger partial charge in [-0.15, -0.1) is 11.3 Å². The Kier molecular flexibility index (Phi) is 5.96. The van der Waals surface area contributed by atoms with E-state index < -0.39 is 10.0 Å². The van der Waals surface area contributed by atoms with Crippen LogP contribution < -0.4 is 4.74 Å². The highest BCUT2D eigenvalue weighted by Gasteiger charge is 2.27. The van der Waals surface area contributed by atoms with Gasteiger partial charge in [-0.2, -0.15) is 0 Å². The Labute approximate surface area is 159 Å². The van der Waals surface area contributed by atoms with E-state index in [1.165, 1.54) is 10.6 Å². The van der Waals surface area contributed by atoms with E-state index in [0.717, 1.165) is 54.5 Å². The van der Waals surface area contributed by atoms with Crippen LogP contribution in [0.5, 0.6) is 5.75 Å². The van der Waals surface area contributed by atoms with Gasteiger partial charge in [0.15, 0.2) is 0 Å². The van der Waals surface area contributed by atoms with Crippen molar-refractivity contribution in [1.82, 2.24) is 14.2 Å². The van der Waals surface area contributed by atoms with Crippen molar-refractivity contribution in [1.29, 1.82) is 0 Å². The van der Waals surface area contributed by atoms with Crippen molar-refractivity contribution in [2.75, 3.05) is 33.5 Å². The number of ether oxygens (including phenoxy) is 1. The van der Waals surface area contributed by atoms with E-state index in [2.05, 4.69) is 10.3 Å². The van der Waals surface area contributed by atoms with Gasteiger partial charge in [0.25, 0.3) is 0 Å². The smallest absolute Gasteiger partial charge is 0.211 e. The Balaban J connectivity index is 1.59. The Morgan fingerprint density at radius 2 is 2.08 bits per heavy atom. The molecular formula is C18H25N3O3S2. The lowest BCUT2D eigenvalue weighted by Gasteiger charge is -2.35. The van der Waals surface area contributed by atoms with Gasteiger partial charge in [-0.3, -0.25) is 4.90 Å². The summed E-state index contributed by atoms with van der Waals surface area (Å²) < 4.78 is 30.1. The molecule has 0 spiro atoms. The van der Waals surface area contributed by atoms with Crippen LogP contribution >= 0.6 is 11.3 Å². The molecule has 142 valence electrons. The molecule has 0 saturated carbocycles. The molecule has 3 rings (SSSR count). The third-order valence-electron chi connectivity index (χ3n) is 4.85. The number of hydrogen-bond acceptors (Lipinski definition) is 6. The van der Waals surface area contributed by atoms with Crippen LogP contribution in [0.1, 0.15) is 18.5 Å². The Morgan fingerprint density at radius 1 is 1.35 bits per heavy atom. The van der Waals surface area contributed by atoms with Gasteiger partial charge in [0, 0.05) is 43.7 Å². The van der Waals surface area contributed by atoms with Crippen LogP contribution in [-0.2, 0) is 16.6 Å². The number of thiazole rings is 1. The average molecular weight is 396 g/mol. The molecular weight excluding hydrogens is 370 g/mol. The minimum Gasteiger partial charge on any atom is -0.497 e. The van der Waals surface area contributed by atoms with Crippen molar-refractivity contribution in [3.63, 3.8) is 0 Å². The molecule has 1 fully saturated rings. The van der Waals surface area contributed by atoms with Crippen molar-refractivity contribution in [3.8, 4) is 16.3 Å². The molecule has 0 aliphatic carbocycles. The predicted molar refractivity (Wildman–Crippen MR) is 105 cm³/mol. The highest BCUT2D eigenvalue weighted by atomic mass is 32.2. The second kappa shape index (κ2) is 8.04. The maximum Gasteiger partial charge on any atom is 0.211 e. The van der Waals surface area contributed by atoms with E-state index in [9.17, 15) is 8.42 Å². The van der Waals surface area contributed by atoms with Gasteiger partial charge in [0.05, 0.1) is 19.1 Å². The van der Waals surface area contributed by atoms with E-state index in [-0.39, 0.29) is 6.04 Å². The lowest BCUT2D eigenvalue weighted by Crippen LogP contribution is -2.44. The van der Waals surface area contributed by atoms with Crippen LogP contribution in [0.25, 0.3) is 10.6 Å². The van der Waals surface area contributed by atoms with Crippen molar-refractivity contribution < 1.29 is 13.2 Å². The average Bonchev–Trinajstić information content (AvgIpc) is 3.09. The summed E-state index contributed by atoms with van der Waals surface area (Å²) in [5.74, 6) is 0.830. The molecule has 1 aliphatic heterocycles. The molecule has 0 amide bonds. The number of piperidine rings is 1. The number of likely N-dealkylation sites (tertiary alicyclic amines) is 1. The summed E-state index contributed by atoms with van der Waals surface area (Å²) >= 11 is 1.64. The molecule has 0 radical (unpaired) electrons. The summed E-state index contributed by atoms with van der Waals surface area (Å²) in [5, 5.41) is 3.09. The molecule has 1 aliphatic rings. The van der Waals surface area contributed by atoms with Crippen LogP contribution in [0.3, 0.4) is 0 Å². The van der Waals surface area contributed by atoms with Crippen molar-refractivity contribution in [2.45, 2.75) is 25.4 Å². The lowest BCUT2D eigenvalue weighted by atomic mass is 10.1. The Bertz CT molecular complexity index is 843. The summed E-state index contributed by atoms with van der Waals surface area (Å²) in [7, 11) is 0.223. The highest BCUT2D eigenvalue weighted by molar-refractivity contribution is 7.88. The zero-order valence-corrected chi connectivity index (χ0v) is 17.0. The van der Waals surface area contributed by atoms with Crippen LogP contribution in [0.2, 0.25) is 0 Å². The van der Waals surface area contributed by atoms with Gasteiger partial charge in [0.1, 0.15) is 10.8 Å². The number of aromatic nitrogens is 1. The molecule has 2 aromatic rings. The monoisotopic (exact) mass is 395 g/mol. The first-order chi connectivity index (χ1) is 12.4. The summed E-state index contributed by atoms with van der Waals surface area (Å²) in [4.78, 5) is 7.10. The van der Waals surface area contributed by atoms with Crippen molar-refractivity contribution >= 4 is 21.4 Å². The molecule has 26 heavy (non-hydrogen) atoms. The summed E-state index contributed by atoms with van der Waals surface area (Å²) in [6.07, 6.45) is 2.99. The lowest BCUT2D eigenvalue weighted by molar-refractivity contribution is 0.163. The van der Waals surface area contributed by atoms with Crippen LogP contribution in [0.4, 0.5) is 0 Å². The van der Waals surface area contributed by atoms with E-state index >= 15 is 0 Å². The largest absolute Gasteiger partial charge is 0.497 e. The molecule has 8 heteroatoms. The maximum atomic E-state index is 11.7. The number of sulfonamides is 1. The highest BCUT2D eigenvalue weighted by Crippen LogP contribution is 2.28. The molecule has 0 N–H and O–H groups in total. The second-order valence-corrected chi connectivity index (χ2v) is 9.56.